The topological polar surface area (TPSA) is 127 Å². The smallest absolute Gasteiger partial charge is 0.328 e. The summed E-state index contributed by atoms with van der Waals surface area (Å²) in [6, 6.07) is 5.60. The van der Waals surface area contributed by atoms with E-state index in [2.05, 4.69) is 21.4 Å². The van der Waals surface area contributed by atoms with Crippen LogP contribution in [-0.4, -0.2) is 57.7 Å². The molecular formula is C26H32N4O6. The van der Waals surface area contributed by atoms with E-state index in [9.17, 15) is 14.4 Å². The number of carbonyl (C=O) groups excluding carboxylic acids is 1. The summed E-state index contributed by atoms with van der Waals surface area (Å²) in [4.78, 5) is 43.2. The maximum absolute atomic E-state index is 13.2. The van der Waals surface area contributed by atoms with Crippen LogP contribution in [-0.2, 0) is 20.6 Å². The second-order valence-corrected chi connectivity index (χ2v) is 10.1. The van der Waals surface area contributed by atoms with E-state index in [1.54, 1.807) is 20.8 Å². The monoisotopic (exact) mass is 496 g/mol. The number of hydrogen-bond acceptors (Lipinski definition) is 6. The minimum atomic E-state index is -0.894. The molecule has 2 saturated heterocycles. The van der Waals surface area contributed by atoms with Gasteiger partial charge >= 0.3 is 5.69 Å². The van der Waals surface area contributed by atoms with E-state index in [1.807, 2.05) is 26.0 Å². The average Bonchev–Trinajstić information content (AvgIpc) is 3.35. The van der Waals surface area contributed by atoms with Gasteiger partial charge in [0, 0.05) is 29.2 Å². The van der Waals surface area contributed by atoms with Gasteiger partial charge in [-0.15, -0.1) is 0 Å². The lowest BCUT2D eigenvalue weighted by atomic mass is 9.97. The first-order chi connectivity index (χ1) is 17.1. The number of benzene rings is 1. The Balaban J connectivity index is 1.36. The fraction of sp³-hybridized carbons (Fsp3) is 0.500. The fourth-order valence-corrected chi connectivity index (χ4v) is 5.26. The first-order valence-corrected chi connectivity index (χ1v) is 12.3. The summed E-state index contributed by atoms with van der Waals surface area (Å²) < 4.78 is 19.9. The van der Waals surface area contributed by atoms with Crippen LogP contribution in [0.25, 0.3) is 10.9 Å². The van der Waals surface area contributed by atoms with E-state index in [0.29, 0.717) is 11.3 Å². The van der Waals surface area contributed by atoms with Crippen LogP contribution in [0.2, 0.25) is 0 Å². The number of aromatic amines is 2. The van der Waals surface area contributed by atoms with Crippen LogP contribution >= 0.6 is 0 Å². The molecule has 2 aliphatic heterocycles. The average molecular weight is 497 g/mol. The first kappa shape index (κ1) is 24.5. The number of amides is 1. The molecule has 0 unspecified atom stereocenters. The number of fused-ring (bicyclic) bond motifs is 2. The lowest BCUT2D eigenvalue weighted by Crippen LogP contribution is -2.54. The number of nitrogens with zero attached hydrogens (tertiary/aromatic N) is 1. The normalized spacial score (nSPS) is 25.1. The Morgan fingerprint density at radius 2 is 1.92 bits per heavy atom. The standard InChI is InChI=1S/C26H32N4O6/c1-6-15-16-9-13(2)7-8-17(16)28-20(15)24(32)27-10-19-22-21(35-26(4,5)36-22)18(12-34-19)30-11-14(3)23(31)29-25(30)33/h7-9,11,18-19,21-22,28H,6,10,12H2,1-5H3,(H,27,32)(H,29,31,33)/t18-,19-,21+,22-/m1/s1. The van der Waals surface area contributed by atoms with Gasteiger partial charge in [0.05, 0.1) is 12.6 Å². The number of aryl methyl sites for hydroxylation is 3. The van der Waals surface area contributed by atoms with Gasteiger partial charge in [-0.25, -0.2) is 4.79 Å². The van der Waals surface area contributed by atoms with Crippen LogP contribution in [0.3, 0.4) is 0 Å². The highest BCUT2D eigenvalue weighted by atomic mass is 16.8. The van der Waals surface area contributed by atoms with E-state index in [-0.39, 0.29) is 19.1 Å². The predicted octanol–water partition coefficient (Wildman–Crippen LogP) is 2.09. The molecule has 3 N–H and O–H groups in total. The van der Waals surface area contributed by atoms with E-state index in [0.717, 1.165) is 28.5 Å². The van der Waals surface area contributed by atoms with Gasteiger partial charge in [-0.3, -0.25) is 19.1 Å². The molecule has 0 radical (unpaired) electrons. The van der Waals surface area contributed by atoms with E-state index in [1.165, 1.54) is 10.8 Å². The number of ether oxygens (including phenoxy) is 3. The Kier molecular flexibility index (Phi) is 6.14. The van der Waals surface area contributed by atoms with Crippen molar-refractivity contribution in [2.45, 2.75) is 71.2 Å². The third-order valence-corrected chi connectivity index (χ3v) is 7.00. The third-order valence-electron chi connectivity index (χ3n) is 7.00. The van der Waals surface area contributed by atoms with Crippen molar-refractivity contribution in [3.05, 3.63) is 67.6 Å². The van der Waals surface area contributed by atoms with Crippen molar-refractivity contribution in [3.63, 3.8) is 0 Å². The van der Waals surface area contributed by atoms with Gasteiger partial charge in [0.1, 0.15) is 24.0 Å². The zero-order chi connectivity index (χ0) is 25.8. The fourth-order valence-electron chi connectivity index (χ4n) is 5.26. The molecule has 5 rings (SSSR count). The maximum atomic E-state index is 13.2. The highest BCUT2D eigenvalue weighted by Gasteiger charge is 2.52. The summed E-state index contributed by atoms with van der Waals surface area (Å²) in [6.07, 6.45) is 0.743. The van der Waals surface area contributed by atoms with Gasteiger partial charge in [-0.05, 0) is 51.8 Å². The second-order valence-electron chi connectivity index (χ2n) is 10.1. The van der Waals surface area contributed by atoms with Gasteiger partial charge < -0.3 is 24.5 Å². The molecule has 0 saturated carbocycles. The van der Waals surface area contributed by atoms with Crippen molar-refractivity contribution in [1.82, 2.24) is 19.9 Å². The third kappa shape index (κ3) is 4.29. The summed E-state index contributed by atoms with van der Waals surface area (Å²) in [6.45, 7) is 9.69. The van der Waals surface area contributed by atoms with E-state index < -0.39 is 41.4 Å². The Hall–Kier alpha value is -3.21. The molecule has 3 aromatic rings. The van der Waals surface area contributed by atoms with Gasteiger partial charge in [0.2, 0.25) is 0 Å². The van der Waals surface area contributed by atoms with Crippen molar-refractivity contribution in [2.75, 3.05) is 13.2 Å². The highest BCUT2D eigenvalue weighted by Crippen LogP contribution is 2.39. The van der Waals surface area contributed by atoms with Crippen LogP contribution in [0.4, 0.5) is 0 Å². The molecule has 0 spiro atoms. The number of nitrogens with one attached hydrogen (secondary N) is 3. The van der Waals surface area contributed by atoms with Gasteiger partial charge in [0.25, 0.3) is 11.5 Å². The molecule has 2 aliphatic rings. The molecule has 10 heteroatoms. The van der Waals surface area contributed by atoms with Crippen molar-refractivity contribution < 1.29 is 19.0 Å². The quantitative estimate of drug-likeness (QED) is 0.496. The summed E-state index contributed by atoms with van der Waals surface area (Å²) in [7, 11) is 0. The van der Waals surface area contributed by atoms with Crippen molar-refractivity contribution >= 4 is 16.8 Å². The molecule has 4 atom stereocenters. The number of hydrogen-bond donors (Lipinski definition) is 3. The Morgan fingerprint density at radius 1 is 1.17 bits per heavy atom. The largest absolute Gasteiger partial charge is 0.371 e. The van der Waals surface area contributed by atoms with Crippen molar-refractivity contribution in [1.29, 1.82) is 0 Å². The van der Waals surface area contributed by atoms with Crippen LogP contribution in [0.1, 0.15) is 54.0 Å². The zero-order valence-electron chi connectivity index (χ0n) is 21.1. The lowest BCUT2D eigenvalue weighted by molar-refractivity contribution is -0.153. The van der Waals surface area contributed by atoms with Gasteiger partial charge in [0.15, 0.2) is 5.79 Å². The SMILES string of the molecule is CCc1c(C(=O)NC[C@H]2OC[C@@H](n3cc(C)c(=O)[nH]c3=O)[C@@H]3OC(C)(C)O[C@@H]32)[nH]c2ccc(C)cc12. The van der Waals surface area contributed by atoms with E-state index in [4.69, 9.17) is 14.2 Å². The maximum Gasteiger partial charge on any atom is 0.328 e. The van der Waals surface area contributed by atoms with E-state index >= 15 is 0 Å². The van der Waals surface area contributed by atoms with Crippen molar-refractivity contribution in [2.24, 2.45) is 0 Å². The molecule has 1 amide bonds. The molecule has 10 nitrogen and oxygen atoms in total. The summed E-state index contributed by atoms with van der Waals surface area (Å²) >= 11 is 0. The molecular weight excluding hydrogens is 464 g/mol. The van der Waals surface area contributed by atoms with Crippen LogP contribution < -0.4 is 16.6 Å². The predicted molar refractivity (Wildman–Crippen MR) is 133 cm³/mol. The molecule has 1 aromatic carbocycles. The Morgan fingerprint density at radius 3 is 2.67 bits per heavy atom. The molecule has 2 aromatic heterocycles. The molecule has 0 bridgehead atoms. The van der Waals surface area contributed by atoms with Crippen LogP contribution in [0.15, 0.2) is 34.0 Å². The second kappa shape index (κ2) is 9.02. The molecule has 36 heavy (non-hydrogen) atoms. The van der Waals surface area contributed by atoms with Crippen molar-refractivity contribution in [3.8, 4) is 0 Å². The minimum absolute atomic E-state index is 0.165. The number of rotatable bonds is 5. The number of H-pyrrole nitrogens is 2. The number of aromatic nitrogens is 3. The molecule has 0 aliphatic carbocycles. The number of carbonyl (C=O) groups is 1. The lowest BCUT2D eigenvalue weighted by Gasteiger charge is -2.37. The van der Waals surface area contributed by atoms with Gasteiger partial charge in [-0.2, -0.15) is 0 Å². The molecule has 4 heterocycles. The highest BCUT2D eigenvalue weighted by molar-refractivity contribution is 6.01. The van der Waals surface area contributed by atoms with Crippen LogP contribution in [0.5, 0.6) is 0 Å². The minimum Gasteiger partial charge on any atom is -0.371 e. The Labute approximate surface area is 208 Å². The van der Waals surface area contributed by atoms with Gasteiger partial charge in [-0.1, -0.05) is 18.6 Å². The van der Waals surface area contributed by atoms with Crippen LogP contribution in [0, 0.1) is 13.8 Å². The summed E-state index contributed by atoms with van der Waals surface area (Å²) in [5, 5.41) is 4.05. The molecule has 192 valence electrons. The molecule has 2 fully saturated rings. The summed E-state index contributed by atoms with van der Waals surface area (Å²) in [5.41, 5.74) is 3.05. The zero-order valence-corrected chi connectivity index (χ0v) is 21.1. The first-order valence-electron chi connectivity index (χ1n) is 12.3. The summed E-state index contributed by atoms with van der Waals surface area (Å²) in [5.74, 6) is -1.11. The Bertz CT molecular complexity index is 1430.